The maximum Gasteiger partial charge on any atom is 0.264 e. The standard InChI is InChI=1S/C9H5F3OS/c10-5-3-14-8-6(13)2-1-4(7(5)8)9(11)12/h1-3,9,13H. The van der Waals surface area contributed by atoms with Gasteiger partial charge in [-0.05, 0) is 12.1 Å². The predicted octanol–water partition coefficient (Wildman–Crippen LogP) is 3.68. The van der Waals surface area contributed by atoms with Crippen LogP contribution in [-0.4, -0.2) is 5.11 Å². The number of fused-ring (bicyclic) bond motifs is 1. The minimum Gasteiger partial charge on any atom is -0.506 e. The van der Waals surface area contributed by atoms with Gasteiger partial charge in [-0.2, -0.15) is 0 Å². The molecule has 0 spiro atoms. The average molecular weight is 218 g/mol. The third-order valence-electron chi connectivity index (χ3n) is 1.92. The quantitative estimate of drug-likeness (QED) is 0.774. The van der Waals surface area contributed by atoms with E-state index in [4.69, 9.17) is 0 Å². The smallest absolute Gasteiger partial charge is 0.264 e. The van der Waals surface area contributed by atoms with Gasteiger partial charge >= 0.3 is 0 Å². The van der Waals surface area contributed by atoms with Gasteiger partial charge in [-0.1, -0.05) is 0 Å². The molecule has 5 heteroatoms. The maximum absolute atomic E-state index is 13.1. The van der Waals surface area contributed by atoms with Gasteiger partial charge in [-0.3, -0.25) is 0 Å². The minimum atomic E-state index is -2.73. The van der Waals surface area contributed by atoms with Crippen molar-refractivity contribution in [2.45, 2.75) is 6.43 Å². The van der Waals surface area contributed by atoms with Crippen molar-refractivity contribution >= 4 is 21.4 Å². The molecule has 1 heterocycles. The van der Waals surface area contributed by atoms with Gasteiger partial charge in [0.1, 0.15) is 11.6 Å². The fraction of sp³-hybridized carbons (Fsp3) is 0.111. The Kier molecular flexibility index (Phi) is 2.11. The van der Waals surface area contributed by atoms with Crippen LogP contribution in [-0.2, 0) is 0 Å². The Morgan fingerprint density at radius 3 is 2.64 bits per heavy atom. The highest BCUT2D eigenvalue weighted by atomic mass is 32.1. The Labute approximate surface area is 81.4 Å². The fourth-order valence-corrected chi connectivity index (χ4v) is 2.17. The molecule has 0 saturated carbocycles. The molecule has 1 nitrogen and oxygen atoms in total. The van der Waals surface area contributed by atoms with E-state index >= 15 is 0 Å². The number of hydrogen-bond acceptors (Lipinski definition) is 2. The third-order valence-corrected chi connectivity index (χ3v) is 2.90. The van der Waals surface area contributed by atoms with Crippen LogP contribution in [0.25, 0.3) is 10.1 Å². The molecule has 1 aromatic carbocycles. The number of hydrogen-bond donors (Lipinski definition) is 1. The van der Waals surface area contributed by atoms with E-state index in [-0.39, 0.29) is 21.4 Å². The normalized spacial score (nSPS) is 11.4. The van der Waals surface area contributed by atoms with Crippen molar-refractivity contribution in [3.8, 4) is 5.75 Å². The molecule has 1 N–H and O–H groups in total. The third kappa shape index (κ3) is 1.24. The summed E-state index contributed by atoms with van der Waals surface area (Å²) in [5.41, 5.74) is -0.378. The summed E-state index contributed by atoms with van der Waals surface area (Å²) in [5, 5.41) is 10.2. The number of benzene rings is 1. The lowest BCUT2D eigenvalue weighted by Crippen LogP contribution is -1.86. The number of phenolic OH excluding ortho intramolecular Hbond substituents is 1. The van der Waals surface area contributed by atoms with E-state index < -0.39 is 12.2 Å². The lowest BCUT2D eigenvalue weighted by molar-refractivity contribution is 0.153. The molecule has 1 aromatic heterocycles. The molecule has 0 aliphatic rings. The number of alkyl halides is 2. The van der Waals surface area contributed by atoms with E-state index in [1.807, 2.05) is 0 Å². The Balaban J connectivity index is 2.85. The van der Waals surface area contributed by atoms with Crippen molar-refractivity contribution in [2.75, 3.05) is 0 Å². The van der Waals surface area contributed by atoms with Crippen molar-refractivity contribution in [3.63, 3.8) is 0 Å². The second-order valence-electron chi connectivity index (χ2n) is 2.76. The molecule has 0 saturated heterocycles. The first-order valence-corrected chi connectivity index (χ1v) is 4.66. The second-order valence-corrected chi connectivity index (χ2v) is 3.64. The van der Waals surface area contributed by atoms with E-state index in [9.17, 15) is 18.3 Å². The molecule has 0 bridgehead atoms. The van der Waals surface area contributed by atoms with Crippen LogP contribution in [0.2, 0.25) is 0 Å². The summed E-state index contributed by atoms with van der Waals surface area (Å²) in [6, 6.07) is 2.19. The topological polar surface area (TPSA) is 20.2 Å². The molecule has 0 amide bonds. The molecule has 0 atom stereocenters. The lowest BCUT2D eigenvalue weighted by atomic mass is 10.1. The molecule has 14 heavy (non-hydrogen) atoms. The summed E-state index contributed by atoms with van der Waals surface area (Å²) in [4.78, 5) is 0. The zero-order valence-corrected chi connectivity index (χ0v) is 7.62. The zero-order valence-electron chi connectivity index (χ0n) is 6.80. The van der Waals surface area contributed by atoms with E-state index in [1.165, 1.54) is 0 Å². The minimum absolute atomic E-state index is 0.167. The van der Waals surface area contributed by atoms with Crippen LogP contribution < -0.4 is 0 Å². The summed E-state index contributed by atoms with van der Waals surface area (Å²) in [6.07, 6.45) is -2.73. The van der Waals surface area contributed by atoms with Gasteiger partial charge in [-0.25, -0.2) is 13.2 Å². The van der Waals surface area contributed by atoms with Gasteiger partial charge in [0.05, 0.1) is 4.70 Å². The molecule has 2 aromatic rings. The van der Waals surface area contributed by atoms with Gasteiger partial charge in [0, 0.05) is 16.3 Å². The summed E-state index contributed by atoms with van der Waals surface area (Å²) in [6.45, 7) is 0. The first-order valence-electron chi connectivity index (χ1n) is 3.78. The van der Waals surface area contributed by atoms with Gasteiger partial charge in [0.15, 0.2) is 0 Å². The second kappa shape index (κ2) is 3.16. The molecule has 0 aliphatic heterocycles. The van der Waals surface area contributed by atoms with Gasteiger partial charge in [0.25, 0.3) is 6.43 Å². The highest BCUT2D eigenvalue weighted by molar-refractivity contribution is 7.17. The SMILES string of the molecule is Oc1ccc(C(F)F)c2c(F)csc12. The zero-order chi connectivity index (χ0) is 10.3. The predicted molar refractivity (Wildman–Crippen MR) is 48.4 cm³/mol. The molecule has 74 valence electrons. The average Bonchev–Trinajstić information content (AvgIpc) is 2.50. The first-order chi connectivity index (χ1) is 6.61. The molecule has 0 fully saturated rings. The van der Waals surface area contributed by atoms with Gasteiger partial charge < -0.3 is 5.11 Å². The Morgan fingerprint density at radius 2 is 2.00 bits per heavy atom. The highest BCUT2D eigenvalue weighted by Gasteiger charge is 2.18. The Bertz CT molecular complexity index is 478. The summed E-state index contributed by atoms with van der Waals surface area (Å²) in [7, 11) is 0. The van der Waals surface area contributed by atoms with Crippen molar-refractivity contribution in [1.29, 1.82) is 0 Å². The molecule has 2 rings (SSSR count). The molecule has 0 radical (unpaired) electrons. The molecular weight excluding hydrogens is 213 g/mol. The van der Waals surface area contributed by atoms with E-state index in [1.54, 1.807) is 0 Å². The number of halogens is 3. The Morgan fingerprint density at radius 1 is 1.29 bits per heavy atom. The van der Waals surface area contributed by atoms with Gasteiger partial charge in [-0.15, -0.1) is 11.3 Å². The molecule has 0 aliphatic carbocycles. The van der Waals surface area contributed by atoms with Crippen molar-refractivity contribution in [1.82, 2.24) is 0 Å². The van der Waals surface area contributed by atoms with Crippen LogP contribution in [0.3, 0.4) is 0 Å². The first kappa shape index (κ1) is 9.33. The van der Waals surface area contributed by atoms with E-state index in [0.717, 1.165) is 28.8 Å². The van der Waals surface area contributed by atoms with Crippen LogP contribution in [0, 0.1) is 5.82 Å². The largest absolute Gasteiger partial charge is 0.506 e. The maximum atomic E-state index is 13.1. The van der Waals surface area contributed by atoms with Crippen LogP contribution in [0.5, 0.6) is 5.75 Å². The molecule has 0 unspecified atom stereocenters. The number of thiophene rings is 1. The summed E-state index contributed by atoms with van der Waals surface area (Å²) in [5.74, 6) is -0.880. The number of phenols is 1. The van der Waals surface area contributed by atoms with Gasteiger partial charge in [0.2, 0.25) is 0 Å². The van der Waals surface area contributed by atoms with Crippen LogP contribution in [0.1, 0.15) is 12.0 Å². The monoisotopic (exact) mass is 218 g/mol. The van der Waals surface area contributed by atoms with Crippen LogP contribution in [0.15, 0.2) is 17.5 Å². The summed E-state index contributed by atoms with van der Waals surface area (Å²) < 4.78 is 38.2. The van der Waals surface area contributed by atoms with Crippen molar-refractivity contribution < 1.29 is 18.3 Å². The summed E-state index contributed by atoms with van der Waals surface area (Å²) >= 11 is 0.914. The van der Waals surface area contributed by atoms with E-state index in [2.05, 4.69) is 0 Å². The van der Waals surface area contributed by atoms with Crippen LogP contribution in [0.4, 0.5) is 13.2 Å². The Hall–Kier alpha value is -1.23. The highest BCUT2D eigenvalue weighted by Crippen LogP contribution is 2.38. The van der Waals surface area contributed by atoms with Crippen molar-refractivity contribution in [2.24, 2.45) is 0 Å². The van der Waals surface area contributed by atoms with E-state index in [0.29, 0.717) is 0 Å². The fourth-order valence-electron chi connectivity index (χ4n) is 1.30. The number of aromatic hydroxyl groups is 1. The van der Waals surface area contributed by atoms with Crippen molar-refractivity contribution in [3.05, 3.63) is 28.9 Å². The number of rotatable bonds is 1. The van der Waals surface area contributed by atoms with Crippen LogP contribution >= 0.6 is 11.3 Å². The molecular formula is C9H5F3OS. The lowest BCUT2D eigenvalue weighted by Gasteiger charge is -2.02.